The van der Waals surface area contributed by atoms with Gasteiger partial charge in [-0.05, 0) is 6.92 Å². The van der Waals surface area contributed by atoms with Gasteiger partial charge in [-0.1, -0.05) is 0 Å². The van der Waals surface area contributed by atoms with Gasteiger partial charge in [0.2, 0.25) is 5.88 Å². The fraction of sp³-hybridized carbons (Fsp3) is 0.400. The van der Waals surface area contributed by atoms with Crippen LogP contribution in [0.1, 0.15) is 18.5 Å². The lowest BCUT2D eigenvalue weighted by atomic mass is 10.1. The van der Waals surface area contributed by atoms with Crippen molar-refractivity contribution >= 4 is 17.0 Å². The van der Waals surface area contributed by atoms with Gasteiger partial charge in [-0.3, -0.25) is 4.98 Å². The SMILES string of the molecule is Cc1cncc(OC2CCN(c3ncnc4nc[nH]c34)CC2)n1. The van der Waals surface area contributed by atoms with E-state index < -0.39 is 0 Å². The van der Waals surface area contributed by atoms with Gasteiger partial charge in [0.25, 0.3) is 0 Å². The summed E-state index contributed by atoms with van der Waals surface area (Å²) in [6.07, 6.45) is 8.57. The molecule has 3 aromatic rings. The number of fused-ring (bicyclic) bond motifs is 1. The van der Waals surface area contributed by atoms with Crippen molar-refractivity contribution in [2.24, 2.45) is 0 Å². The molecule has 8 heteroatoms. The van der Waals surface area contributed by atoms with Crippen LogP contribution in [0.15, 0.2) is 25.0 Å². The summed E-state index contributed by atoms with van der Waals surface area (Å²) < 4.78 is 5.94. The predicted molar refractivity (Wildman–Crippen MR) is 84.3 cm³/mol. The van der Waals surface area contributed by atoms with Gasteiger partial charge in [0.05, 0.1) is 18.2 Å². The molecule has 4 heterocycles. The molecule has 0 spiro atoms. The summed E-state index contributed by atoms with van der Waals surface area (Å²) in [5, 5.41) is 0. The third-order valence-electron chi connectivity index (χ3n) is 3.96. The Hall–Kier alpha value is -2.77. The zero-order valence-corrected chi connectivity index (χ0v) is 12.8. The van der Waals surface area contributed by atoms with Crippen LogP contribution < -0.4 is 9.64 Å². The number of aromatic amines is 1. The maximum absolute atomic E-state index is 5.94. The van der Waals surface area contributed by atoms with Crippen molar-refractivity contribution in [2.45, 2.75) is 25.9 Å². The van der Waals surface area contributed by atoms with Crippen molar-refractivity contribution in [3.05, 3.63) is 30.7 Å². The summed E-state index contributed by atoms with van der Waals surface area (Å²) in [6.45, 7) is 3.65. The summed E-state index contributed by atoms with van der Waals surface area (Å²) in [5.74, 6) is 1.50. The first-order chi connectivity index (χ1) is 11.3. The van der Waals surface area contributed by atoms with Crippen LogP contribution in [0, 0.1) is 6.92 Å². The number of aryl methyl sites for hydroxylation is 1. The maximum atomic E-state index is 5.94. The number of anilines is 1. The van der Waals surface area contributed by atoms with Crippen LogP contribution in [0.5, 0.6) is 5.88 Å². The molecular weight excluding hydrogens is 294 g/mol. The molecule has 0 aliphatic carbocycles. The first-order valence-corrected chi connectivity index (χ1v) is 7.64. The van der Waals surface area contributed by atoms with Crippen molar-refractivity contribution in [3.63, 3.8) is 0 Å². The molecule has 1 fully saturated rings. The molecule has 1 aliphatic heterocycles. The van der Waals surface area contributed by atoms with Crippen molar-refractivity contribution in [1.82, 2.24) is 29.9 Å². The lowest BCUT2D eigenvalue weighted by Crippen LogP contribution is -2.39. The second-order valence-electron chi connectivity index (χ2n) is 5.60. The quantitative estimate of drug-likeness (QED) is 0.783. The zero-order chi connectivity index (χ0) is 15.6. The van der Waals surface area contributed by atoms with E-state index in [-0.39, 0.29) is 6.10 Å². The van der Waals surface area contributed by atoms with Gasteiger partial charge in [-0.25, -0.2) is 19.9 Å². The van der Waals surface area contributed by atoms with Crippen molar-refractivity contribution in [2.75, 3.05) is 18.0 Å². The van der Waals surface area contributed by atoms with Crippen LogP contribution in [0.25, 0.3) is 11.2 Å². The fourth-order valence-electron chi connectivity index (χ4n) is 2.85. The van der Waals surface area contributed by atoms with Crippen molar-refractivity contribution in [1.29, 1.82) is 0 Å². The van der Waals surface area contributed by atoms with Gasteiger partial charge in [-0.2, -0.15) is 0 Å². The van der Waals surface area contributed by atoms with E-state index in [1.54, 1.807) is 25.0 Å². The Morgan fingerprint density at radius 2 is 2.04 bits per heavy atom. The Morgan fingerprint density at radius 1 is 1.17 bits per heavy atom. The molecule has 0 aromatic carbocycles. The number of H-pyrrole nitrogens is 1. The smallest absolute Gasteiger partial charge is 0.232 e. The van der Waals surface area contributed by atoms with Gasteiger partial charge in [0.15, 0.2) is 11.5 Å². The Balaban J connectivity index is 1.44. The molecule has 1 N–H and O–H groups in total. The molecule has 3 aromatic heterocycles. The molecule has 0 unspecified atom stereocenters. The molecular formula is C15H17N7O. The number of hydrogen-bond acceptors (Lipinski definition) is 7. The van der Waals surface area contributed by atoms with E-state index >= 15 is 0 Å². The molecule has 1 aliphatic rings. The molecule has 4 rings (SSSR count). The number of nitrogens with zero attached hydrogens (tertiary/aromatic N) is 6. The average molecular weight is 311 g/mol. The molecule has 0 saturated carbocycles. The van der Waals surface area contributed by atoms with Gasteiger partial charge >= 0.3 is 0 Å². The second kappa shape index (κ2) is 5.79. The molecule has 118 valence electrons. The molecule has 0 radical (unpaired) electrons. The largest absolute Gasteiger partial charge is 0.473 e. The molecule has 8 nitrogen and oxygen atoms in total. The summed E-state index contributed by atoms with van der Waals surface area (Å²) in [4.78, 5) is 26.6. The Kier molecular flexibility index (Phi) is 3.49. The zero-order valence-electron chi connectivity index (χ0n) is 12.8. The normalized spacial score (nSPS) is 16.0. The van der Waals surface area contributed by atoms with E-state index in [0.717, 1.165) is 43.0 Å². The van der Waals surface area contributed by atoms with Crippen molar-refractivity contribution in [3.8, 4) is 5.88 Å². The van der Waals surface area contributed by atoms with Gasteiger partial charge < -0.3 is 14.6 Å². The third kappa shape index (κ3) is 2.79. The Labute approximate surface area is 133 Å². The van der Waals surface area contributed by atoms with Gasteiger partial charge in [0.1, 0.15) is 17.9 Å². The van der Waals surface area contributed by atoms with Crippen LogP contribution >= 0.6 is 0 Å². The number of imidazole rings is 1. The summed E-state index contributed by atoms with van der Waals surface area (Å²) >= 11 is 0. The van der Waals surface area contributed by atoms with Crippen LogP contribution in [0.2, 0.25) is 0 Å². The number of ether oxygens (including phenoxy) is 1. The Morgan fingerprint density at radius 3 is 2.87 bits per heavy atom. The molecule has 23 heavy (non-hydrogen) atoms. The van der Waals surface area contributed by atoms with E-state index in [2.05, 4.69) is 34.8 Å². The summed E-state index contributed by atoms with van der Waals surface area (Å²) in [7, 11) is 0. The standard InChI is InChI=1S/C15H17N7O/c1-10-6-16-7-12(21-10)23-11-2-4-22(5-3-11)15-13-14(18-8-17-13)19-9-20-15/h6-9,11H,2-5H2,1H3,(H,17,18,19,20). The van der Waals surface area contributed by atoms with Crippen LogP contribution in [-0.4, -0.2) is 49.1 Å². The molecule has 0 amide bonds. The van der Waals surface area contributed by atoms with E-state index in [1.807, 2.05) is 6.92 Å². The molecule has 0 atom stereocenters. The van der Waals surface area contributed by atoms with E-state index in [0.29, 0.717) is 11.5 Å². The monoisotopic (exact) mass is 311 g/mol. The first-order valence-electron chi connectivity index (χ1n) is 7.64. The highest BCUT2D eigenvalue weighted by atomic mass is 16.5. The second-order valence-corrected chi connectivity index (χ2v) is 5.60. The number of hydrogen-bond donors (Lipinski definition) is 1. The lowest BCUT2D eigenvalue weighted by Gasteiger charge is -2.32. The van der Waals surface area contributed by atoms with Gasteiger partial charge in [0, 0.05) is 32.1 Å². The first kappa shape index (κ1) is 13.9. The highest BCUT2D eigenvalue weighted by molar-refractivity contribution is 5.82. The number of rotatable bonds is 3. The Bertz CT molecular complexity index is 810. The van der Waals surface area contributed by atoms with Crippen molar-refractivity contribution < 1.29 is 4.74 Å². The van der Waals surface area contributed by atoms with Crippen LogP contribution in [0.4, 0.5) is 5.82 Å². The minimum absolute atomic E-state index is 0.154. The highest BCUT2D eigenvalue weighted by Crippen LogP contribution is 2.24. The summed E-state index contributed by atoms with van der Waals surface area (Å²) in [5.41, 5.74) is 2.45. The molecule has 1 saturated heterocycles. The highest BCUT2D eigenvalue weighted by Gasteiger charge is 2.23. The summed E-state index contributed by atoms with van der Waals surface area (Å²) in [6, 6.07) is 0. The number of piperidine rings is 1. The molecule has 0 bridgehead atoms. The van der Waals surface area contributed by atoms with Gasteiger partial charge in [-0.15, -0.1) is 0 Å². The fourth-order valence-corrected chi connectivity index (χ4v) is 2.85. The van der Waals surface area contributed by atoms with E-state index in [4.69, 9.17) is 4.74 Å². The van der Waals surface area contributed by atoms with E-state index in [9.17, 15) is 0 Å². The minimum atomic E-state index is 0.154. The third-order valence-corrected chi connectivity index (χ3v) is 3.96. The number of nitrogens with one attached hydrogen (secondary N) is 1. The average Bonchev–Trinajstić information content (AvgIpc) is 3.04. The van der Waals surface area contributed by atoms with Crippen LogP contribution in [0.3, 0.4) is 0 Å². The number of aromatic nitrogens is 6. The topological polar surface area (TPSA) is 92.7 Å². The lowest BCUT2D eigenvalue weighted by molar-refractivity contribution is 0.163. The minimum Gasteiger partial charge on any atom is -0.473 e. The maximum Gasteiger partial charge on any atom is 0.232 e. The predicted octanol–water partition coefficient (Wildman–Crippen LogP) is 1.50. The van der Waals surface area contributed by atoms with Crippen LogP contribution in [-0.2, 0) is 0 Å². The van der Waals surface area contributed by atoms with E-state index in [1.165, 1.54) is 0 Å².